The van der Waals surface area contributed by atoms with Gasteiger partial charge in [-0.15, -0.1) is 0 Å². The van der Waals surface area contributed by atoms with Gasteiger partial charge in [0.1, 0.15) is 0 Å². The van der Waals surface area contributed by atoms with Gasteiger partial charge < -0.3 is 14.2 Å². The van der Waals surface area contributed by atoms with Crippen molar-refractivity contribution in [3.63, 3.8) is 0 Å². The minimum absolute atomic E-state index is 0.0226. The van der Waals surface area contributed by atoms with Crippen molar-refractivity contribution < 1.29 is 22.4 Å². The maximum Gasteiger partial charge on any atom is 0.289 e. The van der Waals surface area contributed by atoms with Crippen LogP contribution in [0.15, 0.2) is 53.1 Å². The normalized spacial score (nSPS) is 20.0. The molecule has 34 heavy (non-hydrogen) atoms. The first-order chi connectivity index (χ1) is 16.3. The summed E-state index contributed by atoms with van der Waals surface area (Å²) < 4.78 is 31.1. The summed E-state index contributed by atoms with van der Waals surface area (Å²) in [5, 5.41) is 4.59. The average molecular weight is 483 g/mol. The summed E-state index contributed by atoms with van der Waals surface area (Å²) >= 11 is 0. The van der Waals surface area contributed by atoms with Gasteiger partial charge in [0, 0.05) is 26.2 Å². The van der Waals surface area contributed by atoms with Crippen molar-refractivity contribution in [2.75, 3.05) is 37.7 Å². The maximum atomic E-state index is 13.3. The van der Waals surface area contributed by atoms with Crippen LogP contribution in [0.5, 0.6) is 0 Å². The van der Waals surface area contributed by atoms with E-state index in [4.69, 9.17) is 4.42 Å². The highest BCUT2D eigenvalue weighted by Crippen LogP contribution is 2.30. The molecule has 2 saturated heterocycles. The molecule has 4 heterocycles. The molecule has 0 radical (unpaired) electrons. The van der Waals surface area contributed by atoms with Gasteiger partial charge in [0.25, 0.3) is 11.8 Å². The monoisotopic (exact) mass is 482 g/mol. The average Bonchev–Trinajstić information content (AvgIpc) is 3.58. The molecule has 0 saturated carbocycles. The fourth-order valence-corrected chi connectivity index (χ4v) is 6.21. The Labute approximate surface area is 197 Å². The molecule has 0 aliphatic carbocycles. The molecule has 2 aliphatic rings. The van der Waals surface area contributed by atoms with Crippen molar-refractivity contribution in [1.29, 1.82) is 0 Å². The Morgan fingerprint density at radius 2 is 1.68 bits per heavy atom. The summed E-state index contributed by atoms with van der Waals surface area (Å²) in [5.74, 6) is 0.0189. The smallest absolute Gasteiger partial charge is 0.289 e. The van der Waals surface area contributed by atoms with E-state index in [0.717, 1.165) is 16.8 Å². The van der Waals surface area contributed by atoms with Crippen LogP contribution in [0, 0.1) is 6.92 Å². The van der Waals surface area contributed by atoms with E-state index in [2.05, 4.69) is 5.10 Å². The molecule has 2 amide bonds. The molecule has 2 aliphatic heterocycles. The van der Waals surface area contributed by atoms with E-state index < -0.39 is 9.84 Å². The van der Waals surface area contributed by atoms with Crippen LogP contribution in [0.3, 0.4) is 0 Å². The van der Waals surface area contributed by atoms with E-state index in [0.29, 0.717) is 32.6 Å². The minimum atomic E-state index is -3.12. The number of hydrogen-bond donors (Lipinski definition) is 0. The zero-order valence-electron chi connectivity index (χ0n) is 18.9. The Balaban J connectivity index is 1.37. The number of aromatic nitrogens is 2. The molecule has 0 bridgehead atoms. The lowest BCUT2D eigenvalue weighted by atomic mass is 10.1. The molecule has 1 atom stereocenters. The molecule has 0 unspecified atom stereocenters. The molecule has 9 nitrogen and oxygen atoms in total. The van der Waals surface area contributed by atoms with Crippen molar-refractivity contribution in [2.24, 2.45) is 0 Å². The second kappa shape index (κ2) is 8.75. The molecule has 3 aromatic rings. The van der Waals surface area contributed by atoms with Crippen LogP contribution in [0.25, 0.3) is 11.3 Å². The zero-order chi connectivity index (χ0) is 23.9. The second-order valence-corrected chi connectivity index (χ2v) is 11.1. The largest absolute Gasteiger partial charge is 0.459 e. The third kappa shape index (κ3) is 4.37. The van der Waals surface area contributed by atoms with E-state index in [9.17, 15) is 18.0 Å². The van der Waals surface area contributed by atoms with Crippen LogP contribution >= 0.6 is 0 Å². The summed E-state index contributed by atoms with van der Waals surface area (Å²) in [6, 6.07) is 12.6. The molecule has 0 N–H and O–H groups in total. The summed E-state index contributed by atoms with van der Waals surface area (Å²) in [6.45, 7) is 3.57. The van der Waals surface area contributed by atoms with Gasteiger partial charge in [-0.05, 0) is 37.1 Å². The first-order valence-corrected chi connectivity index (χ1v) is 13.1. The topological polar surface area (TPSA) is 106 Å². The van der Waals surface area contributed by atoms with E-state index in [-0.39, 0.29) is 40.8 Å². The number of rotatable bonds is 4. The van der Waals surface area contributed by atoms with Crippen LogP contribution < -0.4 is 0 Å². The van der Waals surface area contributed by atoms with Gasteiger partial charge in [-0.2, -0.15) is 5.10 Å². The highest BCUT2D eigenvalue weighted by molar-refractivity contribution is 7.91. The Kier molecular flexibility index (Phi) is 5.76. The standard InChI is InChI=1S/C24H26N4O5S/c1-17-4-6-18(7-5-17)21-15-20(25-28(21)19-8-14-34(31,32)16-19)23(29)26-9-11-27(12-10-26)24(30)22-3-2-13-33-22/h2-7,13,15,19H,8-12,14,16H2,1H3/t19-/m0/s1. The number of sulfone groups is 1. The molecule has 1 aromatic carbocycles. The molecular weight excluding hydrogens is 456 g/mol. The molecule has 0 spiro atoms. The number of piperazine rings is 1. The van der Waals surface area contributed by atoms with Crippen LogP contribution in [-0.4, -0.2) is 77.5 Å². The van der Waals surface area contributed by atoms with Crippen molar-refractivity contribution >= 4 is 21.7 Å². The number of amides is 2. The molecule has 178 valence electrons. The van der Waals surface area contributed by atoms with Crippen LogP contribution in [0.4, 0.5) is 0 Å². The van der Waals surface area contributed by atoms with Crippen molar-refractivity contribution in [2.45, 2.75) is 19.4 Å². The van der Waals surface area contributed by atoms with Crippen molar-refractivity contribution in [3.8, 4) is 11.3 Å². The number of furan rings is 1. The van der Waals surface area contributed by atoms with Crippen LogP contribution in [0.1, 0.15) is 39.1 Å². The summed E-state index contributed by atoms with van der Waals surface area (Å²) in [6.07, 6.45) is 1.94. The first kappa shape index (κ1) is 22.4. The lowest BCUT2D eigenvalue weighted by Gasteiger charge is -2.33. The molecule has 2 fully saturated rings. The maximum absolute atomic E-state index is 13.3. The predicted molar refractivity (Wildman–Crippen MR) is 125 cm³/mol. The van der Waals surface area contributed by atoms with Gasteiger partial charge in [-0.3, -0.25) is 14.3 Å². The zero-order valence-corrected chi connectivity index (χ0v) is 19.7. The lowest BCUT2D eigenvalue weighted by molar-refractivity contribution is 0.0514. The first-order valence-electron chi connectivity index (χ1n) is 11.3. The van der Waals surface area contributed by atoms with Gasteiger partial charge in [0.2, 0.25) is 0 Å². The van der Waals surface area contributed by atoms with E-state index in [1.807, 2.05) is 31.2 Å². The third-order valence-corrected chi connectivity index (χ3v) is 8.19. The van der Waals surface area contributed by atoms with Gasteiger partial charge in [-0.1, -0.05) is 29.8 Å². The van der Waals surface area contributed by atoms with E-state index in [1.165, 1.54) is 6.26 Å². The second-order valence-electron chi connectivity index (χ2n) is 8.84. The quantitative estimate of drug-likeness (QED) is 0.565. The van der Waals surface area contributed by atoms with Crippen LogP contribution in [-0.2, 0) is 9.84 Å². The Hall–Kier alpha value is -3.40. The predicted octanol–water partition coefficient (Wildman–Crippen LogP) is 2.41. The van der Waals surface area contributed by atoms with Crippen LogP contribution in [0.2, 0.25) is 0 Å². The highest BCUT2D eigenvalue weighted by atomic mass is 32.2. The lowest BCUT2D eigenvalue weighted by Crippen LogP contribution is -2.50. The van der Waals surface area contributed by atoms with Crippen molar-refractivity contribution in [1.82, 2.24) is 19.6 Å². The highest BCUT2D eigenvalue weighted by Gasteiger charge is 2.33. The minimum Gasteiger partial charge on any atom is -0.459 e. The van der Waals surface area contributed by atoms with Gasteiger partial charge in [0.05, 0.1) is 29.5 Å². The van der Waals surface area contributed by atoms with E-state index in [1.54, 1.807) is 32.7 Å². The fraction of sp³-hybridized carbons (Fsp3) is 0.375. The number of carbonyl (C=O) groups excluding carboxylic acids is 2. The molecule has 10 heteroatoms. The van der Waals surface area contributed by atoms with Gasteiger partial charge >= 0.3 is 0 Å². The Morgan fingerprint density at radius 1 is 1.00 bits per heavy atom. The third-order valence-electron chi connectivity index (χ3n) is 6.44. The number of nitrogens with zero attached hydrogens (tertiary/aromatic N) is 4. The SMILES string of the molecule is Cc1ccc(-c2cc(C(=O)N3CCN(C(=O)c4ccco4)CC3)nn2[C@H]2CCS(=O)(=O)C2)cc1. The number of benzene rings is 1. The molecule has 2 aromatic heterocycles. The molecule has 5 rings (SSSR count). The van der Waals surface area contributed by atoms with Gasteiger partial charge in [-0.25, -0.2) is 8.42 Å². The van der Waals surface area contributed by atoms with E-state index >= 15 is 0 Å². The Morgan fingerprint density at radius 3 is 2.26 bits per heavy atom. The van der Waals surface area contributed by atoms with Crippen molar-refractivity contribution in [3.05, 3.63) is 65.7 Å². The summed E-state index contributed by atoms with van der Waals surface area (Å²) in [7, 11) is -3.12. The van der Waals surface area contributed by atoms with Gasteiger partial charge in [0.15, 0.2) is 21.3 Å². The number of aryl methyl sites for hydroxylation is 1. The summed E-state index contributed by atoms with van der Waals surface area (Å²) in [4.78, 5) is 29.2. The fourth-order valence-electron chi connectivity index (χ4n) is 4.52. The number of carbonyl (C=O) groups is 2. The Bertz CT molecular complexity index is 1300. The molecular formula is C24H26N4O5S. The number of hydrogen-bond acceptors (Lipinski definition) is 6. The summed E-state index contributed by atoms with van der Waals surface area (Å²) in [5.41, 5.74) is 3.01.